The number of carboxylic acids is 1. The van der Waals surface area contributed by atoms with Crippen LogP contribution in [0.2, 0.25) is 0 Å². The normalized spacial score (nSPS) is 11.8. The number of ether oxygens (including phenoxy) is 2. The molecule has 0 spiro atoms. The highest BCUT2D eigenvalue weighted by Crippen LogP contribution is 2.12. The maximum Gasteiger partial charge on any atom is 0.346 e. The summed E-state index contributed by atoms with van der Waals surface area (Å²) in [5.41, 5.74) is -1.13. The van der Waals surface area contributed by atoms with Crippen molar-refractivity contribution < 1.29 is 29.0 Å². The quantitative estimate of drug-likeness (QED) is 0.242. The monoisotopic (exact) mass is 271 g/mol. The fourth-order valence-corrected chi connectivity index (χ4v) is 1.10. The van der Waals surface area contributed by atoms with E-state index in [0.717, 1.165) is 7.11 Å². The van der Waals surface area contributed by atoms with Gasteiger partial charge in [0.25, 0.3) is 0 Å². The summed E-state index contributed by atoms with van der Waals surface area (Å²) in [5, 5.41) is 9.04. The molecule has 19 heavy (non-hydrogen) atoms. The Morgan fingerprint density at radius 1 is 1.21 bits per heavy atom. The van der Waals surface area contributed by atoms with Gasteiger partial charge in [-0.15, -0.1) is 0 Å². The molecule has 1 N–H and O–H groups in total. The summed E-state index contributed by atoms with van der Waals surface area (Å²) in [5.74, 6) is -3.57. The zero-order valence-electron chi connectivity index (χ0n) is 11.3. The second kappa shape index (κ2) is 7.91. The van der Waals surface area contributed by atoms with Crippen LogP contribution >= 0.6 is 0 Å². The summed E-state index contributed by atoms with van der Waals surface area (Å²) >= 11 is 0. The Kier molecular flexibility index (Phi) is 6.95. The van der Waals surface area contributed by atoms with Crippen LogP contribution in [0.5, 0.6) is 0 Å². The molecule has 0 atom stereocenters. The second-order valence-electron chi connectivity index (χ2n) is 3.59. The maximum absolute atomic E-state index is 11.6. The largest absolute Gasteiger partial charge is 0.477 e. The van der Waals surface area contributed by atoms with E-state index in [9.17, 15) is 14.4 Å². The lowest BCUT2D eigenvalue weighted by Gasteiger charge is -2.08. The molecule has 0 bridgehead atoms. The van der Waals surface area contributed by atoms with Crippen LogP contribution in [-0.2, 0) is 23.9 Å². The molecule has 0 aromatic rings. The van der Waals surface area contributed by atoms with Gasteiger partial charge in [-0.3, -0.25) is 0 Å². The number of carbonyl (C=O) groups excluding carboxylic acids is 2. The number of carbonyl (C=O) groups is 3. The molecule has 0 fully saturated rings. The molecule has 0 aliphatic carbocycles. The summed E-state index contributed by atoms with van der Waals surface area (Å²) in [6, 6.07) is 0. The van der Waals surface area contributed by atoms with Crippen LogP contribution in [0.4, 0.5) is 0 Å². The highest BCUT2D eigenvalue weighted by atomic mass is 16.5. The van der Waals surface area contributed by atoms with E-state index in [1.807, 2.05) is 0 Å². The Balaban J connectivity index is 5.78. The molecule has 0 aromatic carbocycles. The van der Waals surface area contributed by atoms with Crippen molar-refractivity contribution in [2.45, 2.75) is 6.92 Å². The molecule has 0 aliphatic heterocycles. The average Bonchev–Trinajstić information content (AvgIpc) is 2.32. The van der Waals surface area contributed by atoms with E-state index >= 15 is 0 Å². The van der Waals surface area contributed by atoms with E-state index in [-0.39, 0.29) is 12.2 Å². The first-order valence-corrected chi connectivity index (χ1v) is 5.42. The van der Waals surface area contributed by atoms with E-state index in [4.69, 9.17) is 5.11 Å². The first-order valence-electron chi connectivity index (χ1n) is 5.42. The van der Waals surface area contributed by atoms with Gasteiger partial charge in [0.15, 0.2) is 5.57 Å². The number of aliphatic carboxylic acids is 1. The van der Waals surface area contributed by atoms with Crippen LogP contribution in [0.25, 0.3) is 0 Å². The highest BCUT2D eigenvalue weighted by Gasteiger charge is 2.27. The number of esters is 2. The van der Waals surface area contributed by atoms with Gasteiger partial charge in [0, 0.05) is 14.1 Å². The number of carboxylic acid groups (broad SMARTS) is 1. The van der Waals surface area contributed by atoms with Crippen LogP contribution in [0, 0.1) is 0 Å². The third-order valence-electron chi connectivity index (χ3n) is 1.91. The zero-order chi connectivity index (χ0) is 15.0. The fraction of sp³-hybridized carbons (Fsp3) is 0.417. The summed E-state index contributed by atoms with van der Waals surface area (Å²) in [6.45, 7) is 1.53. The predicted molar refractivity (Wildman–Crippen MR) is 66.1 cm³/mol. The van der Waals surface area contributed by atoms with Gasteiger partial charge in [-0.2, -0.15) is 0 Å². The molecule has 0 aliphatic rings. The van der Waals surface area contributed by atoms with Crippen molar-refractivity contribution in [1.29, 1.82) is 0 Å². The summed E-state index contributed by atoms with van der Waals surface area (Å²) < 4.78 is 9.08. The number of hydrogen-bond acceptors (Lipinski definition) is 6. The smallest absolute Gasteiger partial charge is 0.346 e. The van der Waals surface area contributed by atoms with Crippen molar-refractivity contribution in [3.05, 3.63) is 23.4 Å². The molecule has 0 saturated heterocycles. The molecule has 0 saturated carbocycles. The summed E-state index contributed by atoms with van der Waals surface area (Å²) in [6.07, 6.45) is 2.61. The minimum atomic E-state index is -1.55. The third kappa shape index (κ3) is 5.24. The SMILES string of the molecule is CCOC(=O)C(C(=O)O)=C(C=CN(C)C)C(=O)OC. The Labute approximate surface area is 111 Å². The maximum atomic E-state index is 11.6. The van der Waals surface area contributed by atoms with Crippen molar-refractivity contribution in [3.63, 3.8) is 0 Å². The van der Waals surface area contributed by atoms with Crippen LogP contribution in [-0.4, -0.2) is 55.7 Å². The molecule has 0 unspecified atom stereocenters. The average molecular weight is 271 g/mol. The molecule has 106 valence electrons. The summed E-state index contributed by atoms with van der Waals surface area (Å²) in [4.78, 5) is 35.8. The van der Waals surface area contributed by atoms with Crippen molar-refractivity contribution >= 4 is 17.9 Å². The number of hydrogen-bond donors (Lipinski definition) is 1. The highest BCUT2D eigenvalue weighted by molar-refractivity contribution is 6.19. The van der Waals surface area contributed by atoms with Crippen molar-refractivity contribution in [2.75, 3.05) is 27.8 Å². The van der Waals surface area contributed by atoms with Crippen LogP contribution in [0.3, 0.4) is 0 Å². The molecule has 0 amide bonds. The van der Waals surface area contributed by atoms with E-state index in [1.165, 1.54) is 19.2 Å². The van der Waals surface area contributed by atoms with E-state index < -0.39 is 23.5 Å². The predicted octanol–water partition coefficient (Wildman–Crippen LogP) is 0.179. The summed E-state index contributed by atoms with van der Waals surface area (Å²) in [7, 11) is 4.45. The first-order chi connectivity index (χ1) is 8.84. The molecule has 7 heteroatoms. The lowest BCUT2D eigenvalue weighted by Crippen LogP contribution is -2.21. The van der Waals surface area contributed by atoms with E-state index in [2.05, 4.69) is 9.47 Å². The Morgan fingerprint density at radius 3 is 2.16 bits per heavy atom. The lowest BCUT2D eigenvalue weighted by molar-refractivity contribution is -0.145. The molecule has 0 aromatic heterocycles. The molecular formula is C12H17NO6. The Bertz CT molecular complexity index is 422. The molecule has 7 nitrogen and oxygen atoms in total. The second-order valence-corrected chi connectivity index (χ2v) is 3.59. The van der Waals surface area contributed by atoms with Gasteiger partial charge in [0.05, 0.1) is 19.3 Å². The fourth-order valence-electron chi connectivity index (χ4n) is 1.10. The Hall–Kier alpha value is -2.31. The van der Waals surface area contributed by atoms with Gasteiger partial charge in [-0.05, 0) is 19.2 Å². The standard InChI is InChI=1S/C12H17NO6/c1-5-19-12(17)9(10(14)15)8(11(16)18-4)6-7-13(2)3/h6-7H,5H2,1-4H3,(H,14,15). The van der Waals surface area contributed by atoms with E-state index in [0.29, 0.717) is 0 Å². The number of rotatable bonds is 6. The minimum absolute atomic E-state index is 0.00145. The van der Waals surface area contributed by atoms with Crippen LogP contribution in [0.1, 0.15) is 6.92 Å². The van der Waals surface area contributed by atoms with E-state index in [1.54, 1.807) is 19.0 Å². The molecule has 0 heterocycles. The minimum Gasteiger partial charge on any atom is -0.477 e. The van der Waals surface area contributed by atoms with Crippen molar-refractivity contribution in [1.82, 2.24) is 4.90 Å². The van der Waals surface area contributed by atoms with Crippen LogP contribution < -0.4 is 0 Å². The van der Waals surface area contributed by atoms with Crippen LogP contribution in [0.15, 0.2) is 23.4 Å². The van der Waals surface area contributed by atoms with Gasteiger partial charge in [-0.1, -0.05) is 0 Å². The van der Waals surface area contributed by atoms with Gasteiger partial charge in [0.2, 0.25) is 0 Å². The van der Waals surface area contributed by atoms with Crippen molar-refractivity contribution in [3.8, 4) is 0 Å². The van der Waals surface area contributed by atoms with Crippen molar-refractivity contribution in [2.24, 2.45) is 0 Å². The molecule has 0 radical (unpaired) electrons. The Morgan fingerprint density at radius 2 is 1.79 bits per heavy atom. The number of nitrogens with zero attached hydrogens (tertiary/aromatic N) is 1. The molecular weight excluding hydrogens is 254 g/mol. The third-order valence-corrected chi connectivity index (χ3v) is 1.91. The van der Waals surface area contributed by atoms with Gasteiger partial charge >= 0.3 is 17.9 Å². The first kappa shape index (κ1) is 16.7. The zero-order valence-corrected chi connectivity index (χ0v) is 11.3. The topological polar surface area (TPSA) is 93.1 Å². The number of methoxy groups -OCH3 is 1. The van der Waals surface area contributed by atoms with Gasteiger partial charge in [0.1, 0.15) is 0 Å². The van der Waals surface area contributed by atoms with Gasteiger partial charge in [-0.25, -0.2) is 14.4 Å². The van der Waals surface area contributed by atoms with Gasteiger partial charge < -0.3 is 19.5 Å². The lowest BCUT2D eigenvalue weighted by atomic mass is 10.1. The molecule has 0 rings (SSSR count).